The molecule has 1 aliphatic rings. The highest BCUT2D eigenvalue weighted by molar-refractivity contribution is 5.98. The van der Waals surface area contributed by atoms with E-state index in [9.17, 15) is 9.59 Å². The first-order chi connectivity index (χ1) is 11.2. The normalized spacial score (nSPS) is 19.1. The van der Waals surface area contributed by atoms with E-state index in [1.807, 2.05) is 60.0 Å². The van der Waals surface area contributed by atoms with Crippen molar-refractivity contribution < 1.29 is 9.59 Å². The Labute approximate surface area is 133 Å². The Morgan fingerprint density at radius 2 is 1.91 bits per heavy atom. The number of rotatable bonds is 2. The van der Waals surface area contributed by atoms with Crippen LogP contribution >= 0.6 is 0 Å². The summed E-state index contributed by atoms with van der Waals surface area (Å²) in [6.07, 6.45) is 1.08. The van der Waals surface area contributed by atoms with Gasteiger partial charge < -0.3 is 4.79 Å². The summed E-state index contributed by atoms with van der Waals surface area (Å²) in [5.41, 5.74) is 3.29. The zero-order chi connectivity index (χ0) is 16.0. The molecule has 2 heterocycles. The molecule has 1 aromatic heterocycles. The van der Waals surface area contributed by atoms with Crippen molar-refractivity contribution in [1.82, 2.24) is 9.55 Å². The van der Waals surface area contributed by atoms with E-state index in [4.69, 9.17) is 4.98 Å². The lowest BCUT2D eigenvalue weighted by Crippen LogP contribution is -2.32. The predicted molar refractivity (Wildman–Crippen MR) is 88.6 cm³/mol. The maximum Gasteiger partial charge on any atom is 0.147 e. The number of para-hydroxylation sites is 2. The van der Waals surface area contributed by atoms with Crippen LogP contribution < -0.4 is 0 Å². The van der Waals surface area contributed by atoms with Crippen molar-refractivity contribution in [2.75, 3.05) is 0 Å². The average Bonchev–Trinajstić information content (AvgIpc) is 2.95. The van der Waals surface area contributed by atoms with E-state index in [2.05, 4.69) is 5.94 Å². The molecule has 4 nitrogen and oxygen atoms in total. The lowest BCUT2D eigenvalue weighted by atomic mass is 9.73. The Balaban J connectivity index is 2.19. The number of hydrogen-bond acceptors (Lipinski definition) is 3. The van der Waals surface area contributed by atoms with Gasteiger partial charge in [0.05, 0.1) is 16.4 Å². The topological polar surface area (TPSA) is 52.0 Å². The van der Waals surface area contributed by atoms with Crippen LogP contribution in [0.15, 0.2) is 48.5 Å². The lowest BCUT2D eigenvalue weighted by molar-refractivity contribution is -0.108. The number of carbonyl (C=O) groups is 1. The zero-order valence-corrected chi connectivity index (χ0v) is 12.6. The van der Waals surface area contributed by atoms with Gasteiger partial charge >= 0.3 is 0 Å². The molecule has 4 heteroatoms. The minimum Gasteiger partial charge on any atom is -0.303 e. The summed E-state index contributed by atoms with van der Waals surface area (Å²) in [6.45, 7) is 1.91. The molecule has 1 unspecified atom stereocenters. The average molecular weight is 302 g/mol. The van der Waals surface area contributed by atoms with E-state index in [-0.39, 0.29) is 6.42 Å². The summed E-state index contributed by atoms with van der Waals surface area (Å²) < 4.78 is 1.84. The molecule has 4 rings (SSSR count). The van der Waals surface area contributed by atoms with Gasteiger partial charge in [0.25, 0.3) is 0 Å². The fourth-order valence-corrected chi connectivity index (χ4v) is 3.50. The molecular formula is C19H14N2O2. The third kappa shape index (κ3) is 1.70. The third-order valence-corrected chi connectivity index (χ3v) is 4.66. The van der Waals surface area contributed by atoms with Gasteiger partial charge in [-0.3, -0.25) is 4.57 Å². The molecule has 112 valence electrons. The first-order valence-electron chi connectivity index (χ1n) is 7.47. The second-order valence-electron chi connectivity index (χ2n) is 5.96. The smallest absolute Gasteiger partial charge is 0.147 e. The van der Waals surface area contributed by atoms with E-state index in [1.165, 1.54) is 0 Å². The van der Waals surface area contributed by atoms with Crippen molar-refractivity contribution in [3.63, 3.8) is 0 Å². The van der Waals surface area contributed by atoms with Crippen LogP contribution in [-0.2, 0) is 15.0 Å². The highest BCUT2D eigenvalue weighted by Crippen LogP contribution is 2.47. The summed E-state index contributed by atoms with van der Waals surface area (Å²) in [5, 5.41) is 0. The Bertz CT molecular complexity index is 996. The molecule has 0 radical (unpaired) electrons. The molecule has 0 fully saturated rings. The molecule has 0 bridgehead atoms. The Hall–Kier alpha value is -2.97. The lowest BCUT2D eigenvalue weighted by Gasteiger charge is -2.35. The summed E-state index contributed by atoms with van der Waals surface area (Å²) in [4.78, 5) is 27.8. The fourth-order valence-electron chi connectivity index (χ4n) is 3.50. The van der Waals surface area contributed by atoms with Gasteiger partial charge in [-0.25, -0.2) is 9.78 Å². The number of aromatic nitrogens is 2. The Morgan fingerprint density at radius 1 is 1.17 bits per heavy atom. The minimum atomic E-state index is -0.712. The number of carbonyl (C=O) groups excluding carboxylic acids is 2. The second-order valence-corrected chi connectivity index (χ2v) is 5.96. The predicted octanol–water partition coefficient (Wildman–Crippen LogP) is 3.24. The van der Waals surface area contributed by atoms with Gasteiger partial charge in [-0.2, -0.15) is 0 Å². The molecule has 0 spiro atoms. The van der Waals surface area contributed by atoms with E-state index >= 15 is 0 Å². The molecule has 0 N–H and O–H groups in total. The van der Waals surface area contributed by atoms with Crippen LogP contribution in [0.25, 0.3) is 28.1 Å². The number of aldehydes is 1. The van der Waals surface area contributed by atoms with E-state index in [0.717, 1.165) is 34.3 Å². The first kappa shape index (κ1) is 13.7. The highest BCUT2D eigenvalue weighted by atomic mass is 16.1. The first-order valence-corrected chi connectivity index (χ1v) is 7.47. The Kier molecular flexibility index (Phi) is 2.83. The summed E-state index contributed by atoms with van der Waals surface area (Å²) >= 11 is 0. The summed E-state index contributed by atoms with van der Waals surface area (Å²) in [6, 6.07) is 15.5. The highest BCUT2D eigenvalue weighted by Gasteiger charge is 2.41. The van der Waals surface area contributed by atoms with Crippen molar-refractivity contribution in [2.24, 2.45) is 0 Å². The zero-order valence-electron chi connectivity index (χ0n) is 12.6. The van der Waals surface area contributed by atoms with Crippen LogP contribution in [0.4, 0.5) is 0 Å². The number of fused-ring (bicyclic) bond motifs is 5. The maximum absolute atomic E-state index is 11.8. The number of imidazole rings is 1. The Morgan fingerprint density at radius 3 is 2.70 bits per heavy atom. The third-order valence-electron chi connectivity index (χ3n) is 4.66. The van der Waals surface area contributed by atoms with Gasteiger partial charge in [0, 0.05) is 12.0 Å². The van der Waals surface area contributed by atoms with E-state index in [1.54, 1.807) is 0 Å². The molecule has 2 aromatic carbocycles. The van der Waals surface area contributed by atoms with Crippen molar-refractivity contribution >= 4 is 29.0 Å². The molecule has 0 amide bonds. The van der Waals surface area contributed by atoms with Crippen molar-refractivity contribution in [1.29, 1.82) is 0 Å². The molecule has 23 heavy (non-hydrogen) atoms. The van der Waals surface area contributed by atoms with Crippen LogP contribution in [0.1, 0.15) is 18.9 Å². The van der Waals surface area contributed by atoms with Crippen LogP contribution in [0, 0.1) is 0 Å². The quantitative estimate of drug-likeness (QED) is 0.539. The van der Waals surface area contributed by atoms with Crippen molar-refractivity contribution in [3.05, 3.63) is 54.1 Å². The molecule has 0 saturated heterocycles. The molecule has 1 aliphatic heterocycles. The molecule has 0 aliphatic carbocycles. The van der Waals surface area contributed by atoms with Gasteiger partial charge in [0.15, 0.2) is 0 Å². The van der Waals surface area contributed by atoms with Crippen LogP contribution in [0.5, 0.6) is 0 Å². The molecular weight excluding hydrogens is 288 g/mol. The molecule has 3 aromatic rings. The number of hydrogen-bond donors (Lipinski definition) is 0. The molecule has 0 saturated carbocycles. The number of nitrogens with zero attached hydrogens (tertiary/aromatic N) is 2. The number of allylic oxidation sites excluding steroid dienone is 1. The minimum absolute atomic E-state index is 0.223. The second kappa shape index (κ2) is 4.77. The SMILES string of the molecule is CC1(CC=O)C(=C=O)n2c(nc3ccccc32)-c2ccccc21. The summed E-state index contributed by atoms with van der Waals surface area (Å²) in [5.74, 6) is 2.81. The number of benzene rings is 2. The van der Waals surface area contributed by atoms with Crippen molar-refractivity contribution in [2.45, 2.75) is 18.8 Å². The van der Waals surface area contributed by atoms with Gasteiger partial charge in [-0.15, -0.1) is 0 Å². The van der Waals surface area contributed by atoms with Gasteiger partial charge in [-0.1, -0.05) is 36.4 Å². The van der Waals surface area contributed by atoms with Crippen LogP contribution in [-0.4, -0.2) is 21.8 Å². The van der Waals surface area contributed by atoms with Gasteiger partial charge in [0.2, 0.25) is 0 Å². The molecule has 1 atom stereocenters. The monoisotopic (exact) mass is 302 g/mol. The fraction of sp³-hybridized carbons (Fsp3) is 0.158. The standard InChI is InChI=1S/C19H14N2O2/c1-19(10-11-22)14-7-3-2-6-13(14)18-20-15-8-4-5-9-16(15)21(18)17(19)12-23/h2-9,11H,10H2,1H3. The van der Waals surface area contributed by atoms with Crippen LogP contribution in [0.3, 0.4) is 0 Å². The largest absolute Gasteiger partial charge is 0.303 e. The maximum atomic E-state index is 11.8. The van der Waals surface area contributed by atoms with E-state index in [0.29, 0.717) is 5.70 Å². The van der Waals surface area contributed by atoms with Gasteiger partial charge in [-0.05, 0) is 24.6 Å². The van der Waals surface area contributed by atoms with Crippen molar-refractivity contribution in [3.8, 4) is 11.4 Å². The summed E-state index contributed by atoms with van der Waals surface area (Å²) in [7, 11) is 0. The van der Waals surface area contributed by atoms with E-state index < -0.39 is 5.41 Å². The van der Waals surface area contributed by atoms with Gasteiger partial charge in [0.1, 0.15) is 23.7 Å². The van der Waals surface area contributed by atoms with Crippen LogP contribution in [0.2, 0.25) is 0 Å².